The van der Waals surface area contributed by atoms with Crippen molar-refractivity contribution >= 4 is 34.2 Å². The molecule has 130 valence electrons. The van der Waals surface area contributed by atoms with Crippen LogP contribution in [-0.2, 0) is 17.9 Å². The van der Waals surface area contributed by atoms with Crippen LogP contribution in [0.3, 0.4) is 0 Å². The van der Waals surface area contributed by atoms with Crippen molar-refractivity contribution in [1.82, 2.24) is 14.9 Å². The predicted molar refractivity (Wildman–Crippen MR) is 101 cm³/mol. The summed E-state index contributed by atoms with van der Waals surface area (Å²) >= 11 is 12.5. The maximum atomic E-state index is 6.37. The van der Waals surface area contributed by atoms with E-state index in [1.54, 1.807) is 6.07 Å². The quantitative estimate of drug-likeness (QED) is 0.723. The van der Waals surface area contributed by atoms with Crippen molar-refractivity contribution < 1.29 is 4.74 Å². The number of rotatable bonds is 5. The third kappa shape index (κ3) is 3.67. The van der Waals surface area contributed by atoms with Gasteiger partial charge in [0, 0.05) is 16.6 Å². The second-order valence-corrected chi connectivity index (χ2v) is 7.11. The Hall–Kier alpha value is -1.59. The van der Waals surface area contributed by atoms with Crippen LogP contribution in [0.2, 0.25) is 10.0 Å². The third-order valence-corrected chi connectivity index (χ3v) is 5.14. The fourth-order valence-electron chi connectivity index (χ4n) is 3.21. The van der Waals surface area contributed by atoms with Crippen molar-refractivity contribution in [2.24, 2.45) is 0 Å². The van der Waals surface area contributed by atoms with Gasteiger partial charge in [-0.3, -0.25) is 0 Å². The number of aromatic nitrogens is 2. The number of para-hydroxylation sites is 2. The third-order valence-electron chi connectivity index (χ3n) is 4.53. The molecule has 2 aromatic carbocycles. The lowest BCUT2D eigenvalue weighted by atomic mass is 10.2. The van der Waals surface area contributed by atoms with Crippen molar-refractivity contribution in [3.05, 3.63) is 63.9 Å². The van der Waals surface area contributed by atoms with Crippen LogP contribution < -0.4 is 5.32 Å². The monoisotopic (exact) mass is 375 g/mol. The number of hydrogen-bond acceptors (Lipinski definition) is 3. The van der Waals surface area contributed by atoms with Crippen molar-refractivity contribution in [1.29, 1.82) is 0 Å². The van der Waals surface area contributed by atoms with Crippen LogP contribution in [0, 0.1) is 0 Å². The summed E-state index contributed by atoms with van der Waals surface area (Å²) in [6.45, 7) is 3.01. The highest BCUT2D eigenvalue weighted by atomic mass is 35.5. The minimum Gasteiger partial charge on any atom is -0.369 e. The summed E-state index contributed by atoms with van der Waals surface area (Å²) in [6.07, 6.45) is 1.29. The molecule has 1 saturated heterocycles. The number of benzene rings is 2. The summed E-state index contributed by atoms with van der Waals surface area (Å²) in [5.74, 6) is 0.907. The minimum atomic E-state index is 0.253. The summed E-state index contributed by atoms with van der Waals surface area (Å²) in [5.41, 5.74) is 3.01. The zero-order valence-electron chi connectivity index (χ0n) is 13.7. The van der Waals surface area contributed by atoms with Crippen molar-refractivity contribution in [2.45, 2.75) is 25.7 Å². The zero-order chi connectivity index (χ0) is 17.2. The molecule has 1 fully saturated rings. The van der Waals surface area contributed by atoms with Crippen LogP contribution in [0.4, 0.5) is 0 Å². The van der Waals surface area contributed by atoms with E-state index >= 15 is 0 Å². The molecule has 3 aromatic rings. The van der Waals surface area contributed by atoms with Gasteiger partial charge in [-0.15, -0.1) is 0 Å². The molecular weight excluding hydrogens is 357 g/mol. The van der Waals surface area contributed by atoms with Gasteiger partial charge in [-0.1, -0.05) is 35.3 Å². The van der Waals surface area contributed by atoms with Crippen molar-refractivity contribution in [3.8, 4) is 0 Å². The molecule has 0 saturated carbocycles. The first-order valence-electron chi connectivity index (χ1n) is 8.41. The van der Waals surface area contributed by atoms with Crippen LogP contribution in [-0.4, -0.2) is 28.7 Å². The lowest BCUT2D eigenvalue weighted by Crippen LogP contribution is -2.18. The van der Waals surface area contributed by atoms with E-state index in [0.29, 0.717) is 23.2 Å². The van der Waals surface area contributed by atoms with Crippen LogP contribution >= 0.6 is 23.2 Å². The molecule has 1 unspecified atom stereocenters. The van der Waals surface area contributed by atoms with Crippen LogP contribution in [0.25, 0.3) is 11.0 Å². The molecule has 4 rings (SSSR count). The molecule has 6 heteroatoms. The van der Waals surface area contributed by atoms with Gasteiger partial charge in [0.2, 0.25) is 0 Å². The Bertz CT molecular complexity index is 888. The summed E-state index contributed by atoms with van der Waals surface area (Å²) < 4.78 is 8.21. The molecule has 4 nitrogen and oxygen atoms in total. The Labute approximate surface area is 156 Å². The van der Waals surface area contributed by atoms with Gasteiger partial charge in [-0.2, -0.15) is 0 Å². The molecule has 1 aliphatic rings. The average molecular weight is 376 g/mol. The lowest BCUT2D eigenvalue weighted by molar-refractivity contribution is 0.0488. The molecule has 0 bridgehead atoms. The first kappa shape index (κ1) is 16.9. The summed E-state index contributed by atoms with van der Waals surface area (Å²) in [5, 5.41) is 4.70. The van der Waals surface area contributed by atoms with Crippen LogP contribution in [0.1, 0.15) is 17.8 Å². The topological polar surface area (TPSA) is 39.1 Å². The molecule has 2 heterocycles. The first-order valence-corrected chi connectivity index (χ1v) is 9.17. The number of fused-ring (bicyclic) bond motifs is 1. The van der Waals surface area contributed by atoms with Gasteiger partial charge in [0.1, 0.15) is 12.4 Å². The second-order valence-electron chi connectivity index (χ2n) is 6.26. The van der Waals surface area contributed by atoms with E-state index in [1.165, 1.54) is 0 Å². The van der Waals surface area contributed by atoms with Gasteiger partial charge in [0.15, 0.2) is 0 Å². The fraction of sp³-hybridized carbons (Fsp3) is 0.316. The zero-order valence-corrected chi connectivity index (χ0v) is 15.2. The fourth-order valence-corrected chi connectivity index (χ4v) is 3.58. The van der Waals surface area contributed by atoms with E-state index in [-0.39, 0.29) is 6.10 Å². The van der Waals surface area contributed by atoms with Gasteiger partial charge in [-0.25, -0.2) is 4.98 Å². The molecule has 1 N–H and O–H groups in total. The largest absolute Gasteiger partial charge is 0.369 e. The average Bonchev–Trinajstić information content (AvgIpc) is 3.24. The van der Waals surface area contributed by atoms with Gasteiger partial charge in [0.25, 0.3) is 0 Å². The number of imidazole rings is 1. The van der Waals surface area contributed by atoms with Gasteiger partial charge in [-0.05, 0) is 48.9 Å². The molecule has 1 aliphatic heterocycles. The summed E-state index contributed by atoms with van der Waals surface area (Å²) in [7, 11) is 0. The smallest absolute Gasteiger partial charge is 0.136 e. The number of nitrogens with one attached hydrogen (secondary N) is 1. The standard InChI is InChI=1S/C19H19Cl2N3O/c20-14-5-6-16(21)13(9-14)11-24-18-4-2-1-3-17(18)23-19(24)12-25-15-7-8-22-10-15/h1-6,9,15,22H,7-8,10-12H2. The number of hydrogen-bond donors (Lipinski definition) is 1. The Morgan fingerprint density at radius 1 is 1.20 bits per heavy atom. The molecule has 0 aliphatic carbocycles. The number of ether oxygens (including phenoxy) is 1. The predicted octanol–water partition coefficient (Wildman–Crippen LogP) is 4.27. The van der Waals surface area contributed by atoms with E-state index in [1.807, 2.05) is 30.3 Å². The Morgan fingerprint density at radius 3 is 2.92 bits per heavy atom. The molecule has 0 amide bonds. The van der Waals surface area contributed by atoms with Gasteiger partial charge >= 0.3 is 0 Å². The van der Waals surface area contributed by atoms with E-state index < -0.39 is 0 Å². The second kappa shape index (κ2) is 7.34. The van der Waals surface area contributed by atoms with Crippen molar-refractivity contribution in [3.63, 3.8) is 0 Å². The number of nitrogens with zero attached hydrogens (tertiary/aromatic N) is 2. The van der Waals surface area contributed by atoms with E-state index in [4.69, 9.17) is 32.9 Å². The lowest BCUT2D eigenvalue weighted by Gasteiger charge is -2.14. The first-order chi connectivity index (χ1) is 12.2. The molecular formula is C19H19Cl2N3O. The Balaban J connectivity index is 1.67. The molecule has 1 atom stereocenters. The van der Waals surface area contributed by atoms with E-state index in [9.17, 15) is 0 Å². The molecule has 0 radical (unpaired) electrons. The normalized spacial score (nSPS) is 17.4. The summed E-state index contributed by atoms with van der Waals surface area (Å²) in [6, 6.07) is 13.6. The SMILES string of the molecule is Clc1ccc(Cl)c(Cn2c(COC3CCNC3)nc3ccccc32)c1. The summed E-state index contributed by atoms with van der Waals surface area (Å²) in [4.78, 5) is 4.76. The number of halogens is 2. The van der Waals surface area contributed by atoms with Crippen molar-refractivity contribution in [2.75, 3.05) is 13.1 Å². The highest BCUT2D eigenvalue weighted by molar-refractivity contribution is 6.33. The highest BCUT2D eigenvalue weighted by Gasteiger charge is 2.18. The van der Waals surface area contributed by atoms with Gasteiger partial charge in [0.05, 0.1) is 23.7 Å². The molecule has 0 spiro atoms. The van der Waals surface area contributed by atoms with Gasteiger partial charge < -0.3 is 14.6 Å². The maximum Gasteiger partial charge on any atom is 0.136 e. The molecule has 25 heavy (non-hydrogen) atoms. The highest BCUT2D eigenvalue weighted by Crippen LogP contribution is 2.25. The van der Waals surface area contributed by atoms with Crippen LogP contribution in [0.5, 0.6) is 0 Å². The molecule has 1 aromatic heterocycles. The Kier molecular flexibility index (Phi) is 4.95. The minimum absolute atomic E-state index is 0.253. The Morgan fingerprint density at radius 2 is 2.08 bits per heavy atom. The maximum absolute atomic E-state index is 6.37. The van der Waals surface area contributed by atoms with Crippen LogP contribution in [0.15, 0.2) is 42.5 Å². The van der Waals surface area contributed by atoms with E-state index in [0.717, 1.165) is 41.9 Å². The van der Waals surface area contributed by atoms with E-state index in [2.05, 4.69) is 16.0 Å².